The summed E-state index contributed by atoms with van der Waals surface area (Å²) >= 11 is 9.37. The maximum Gasteiger partial charge on any atom is 0.196 e. The van der Waals surface area contributed by atoms with Crippen LogP contribution in [-0.2, 0) is 0 Å². The van der Waals surface area contributed by atoms with Crippen LogP contribution in [0.25, 0.3) is 0 Å². The van der Waals surface area contributed by atoms with Gasteiger partial charge in [0.1, 0.15) is 0 Å². The Kier molecular flexibility index (Phi) is 4.60. The average molecular weight is 365 g/mol. The lowest BCUT2D eigenvalue weighted by Crippen LogP contribution is -2.09. The minimum Gasteiger partial charge on any atom is -0.376 e. The maximum atomic E-state index is 13.6. The van der Waals surface area contributed by atoms with E-state index in [-0.39, 0.29) is 11.7 Å². The molecule has 0 saturated heterocycles. The van der Waals surface area contributed by atoms with Gasteiger partial charge in [0, 0.05) is 9.50 Å². The van der Waals surface area contributed by atoms with Crippen molar-refractivity contribution in [2.45, 2.75) is 13.0 Å². The molecule has 6 heteroatoms. The molecular weight excluding hydrogens is 355 g/mol. The van der Waals surface area contributed by atoms with E-state index in [9.17, 15) is 13.2 Å². The Bertz CT molecular complexity index is 649. The van der Waals surface area contributed by atoms with Crippen molar-refractivity contribution in [3.05, 3.63) is 62.8 Å². The summed E-state index contributed by atoms with van der Waals surface area (Å²) in [4.78, 5) is 0. The van der Waals surface area contributed by atoms with Gasteiger partial charge in [-0.2, -0.15) is 0 Å². The van der Waals surface area contributed by atoms with Crippen LogP contribution in [-0.4, -0.2) is 0 Å². The van der Waals surface area contributed by atoms with E-state index in [1.54, 1.807) is 25.1 Å². The lowest BCUT2D eigenvalue weighted by atomic mass is 10.1. The molecule has 20 heavy (non-hydrogen) atoms. The van der Waals surface area contributed by atoms with Gasteiger partial charge in [0.05, 0.1) is 11.7 Å². The molecule has 2 rings (SSSR count). The Morgan fingerprint density at radius 2 is 1.80 bits per heavy atom. The van der Waals surface area contributed by atoms with Gasteiger partial charge in [-0.15, -0.1) is 0 Å². The second-order valence-electron chi connectivity index (χ2n) is 4.25. The Balaban J connectivity index is 2.28. The normalized spacial score (nSPS) is 12.3. The highest BCUT2D eigenvalue weighted by molar-refractivity contribution is 9.10. The molecule has 0 fully saturated rings. The predicted octanol–water partition coefficient (Wildman–Crippen LogP) is 5.69. The smallest absolute Gasteiger partial charge is 0.196 e. The molecule has 0 aliphatic heterocycles. The Hall–Kier alpha value is -1.20. The number of rotatable bonds is 3. The van der Waals surface area contributed by atoms with E-state index in [1.807, 2.05) is 0 Å². The monoisotopic (exact) mass is 363 g/mol. The Labute approximate surface area is 127 Å². The van der Waals surface area contributed by atoms with Crippen molar-refractivity contribution >= 4 is 33.2 Å². The van der Waals surface area contributed by atoms with Gasteiger partial charge >= 0.3 is 0 Å². The third-order valence-corrected chi connectivity index (χ3v) is 3.66. The first-order chi connectivity index (χ1) is 9.40. The minimum atomic E-state index is -1.50. The summed E-state index contributed by atoms with van der Waals surface area (Å²) in [5.74, 6) is -3.96. The summed E-state index contributed by atoms with van der Waals surface area (Å²) in [6.45, 7) is 1.75. The molecule has 0 spiro atoms. The zero-order valence-corrected chi connectivity index (χ0v) is 12.7. The first-order valence-corrected chi connectivity index (χ1v) is 6.92. The molecule has 1 unspecified atom stereocenters. The minimum absolute atomic E-state index is 0.115. The number of anilines is 1. The van der Waals surface area contributed by atoms with Gasteiger partial charge < -0.3 is 5.32 Å². The van der Waals surface area contributed by atoms with Gasteiger partial charge in [-0.25, -0.2) is 13.2 Å². The van der Waals surface area contributed by atoms with E-state index in [1.165, 1.54) is 0 Å². The molecule has 0 heterocycles. The molecule has 0 aliphatic carbocycles. The maximum absolute atomic E-state index is 13.6. The van der Waals surface area contributed by atoms with Crippen molar-refractivity contribution in [2.75, 3.05) is 5.32 Å². The molecular formula is C14H10BrClF3N. The molecule has 0 bridgehead atoms. The van der Waals surface area contributed by atoms with Crippen LogP contribution in [0.5, 0.6) is 0 Å². The van der Waals surface area contributed by atoms with Crippen LogP contribution in [0.15, 0.2) is 34.8 Å². The van der Waals surface area contributed by atoms with Gasteiger partial charge in [0.2, 0.25) is 0 Å². The molecule has 1 nitrogen and oxygen atoms in total. The van der Waals surface area contributed by atoms with Crippen molar-refractivity contribution in [2.24, 2.45) is 0 Å². The summed E-state index contributed by atoms with van der Waals surface area (Å²) in [5.41, 5.74) is 0.606. The third kappa shape index (κ3) is 3.10. The van der Waals surface area contributed by atoms with Crippen molar-refractivity contribution in [3.8, 4) is 0 Å². The number of benzene rings is 2. The van der Waals surface area contributed by atoms with Crippen molar-refractivity contribution in [1.82, 2.24) is 0 Å². The van der Waals surface area contributed by atoms with Gasteiger partial charge in [-0.1, -0.05) is 33.6 Å². The molecule has 1 atom stereocenters. The summed E-state index contributed by atoms with van der Waals surface area (Å²) in [6, 6.07) is 6.92. The van der Waals surface area contributed by atoms with Crippen LogP contribution >= 0.6 is 27.5 Å². The number of halogens is 5. The molecule has 2 aromatic rings. The molecule has 0 aromatic heterocycles. The second kappa shape index (κ2) is 6.06. The predicted molar refractivity (Wildman–Crippen MR) is 77.5 cm³/mol. The van der Waals surface area contributed by atoms with Crippen LogP contribution in [0.4, 0.5) is 18.9 Å². The van der Waals surface area contributed by atoms with E-state index < -0.39 is 17.5 Å². The molecule has 1 N–H and O–H groups in total. The molecule has 0 aliphatic rings. The average Bonchev–Trinajstić information content (AvgIpc) is 2.39. The Morgan fingerprint density at radius 3 is 2.45 bits per heavy atom. The van der Waals surface area contributed by atoms with Gasteiger partial charge in [0.15, 0.2) is 17.5 Å². The Morgan fingerprint density at radius 1 is 1.10 bits per heavy atom. The van der Waals surface area contributed by atoms with Gasteiger partial charge in [-0.05, 0) is 36.8 Å². The first-order valence-electron chi connectivity index (χ1n) is 5.75. The molecule has 0 radical (unpaired) electrons. The van der Waals surface area contributed by atoms with Gasteiger partial charge in [-0.3, -0.25) is 0 Å². The van der Waals surface area contributed by atoms with Crippen LogP contribution in [0.2, 0.25) is 5.02 Å². The zero-order valence-electron chi connectivity index (χ0n) is 10.4. The lowest BCUT2D eigenvalue weighted by molar-refractivity contribution is 0.448. The second-order valence-corrected chi connectivity index (χ2v) is 5.58. The highest BCUT2D eigenvalue weighted by Crippen LogP contribution is 2.30. The first kappa shape index (κ1) is 15.2. The summed E-state index contributed by atoms with van der Waals surface area (Å²) in [6.07, 6.45) is 0. The number of hydrogen-bond acceptors (Lipinski definition) is 1. The molecule has 0 saturated carbocycles. The van der Waals surface area contributed by atoms with Crippen LogP contribution in [0.1, 0.15) is 18.5 Å². The van der Waals surface area contributed by atoms with E-state index in [0.29, 0.717) is 5.02 Å². The molecule has 2 aromatic carbocycles. The lowest BCUT2D eigenvalue weighted by Gasteiger charge is -2.18. The topological polar surface area (TPSA) is 12.0 Å². The molecule has 106 valence electrons. The van der Waals surface area contributed by atoms with E-state index in [2.05, 4.69) is 21.2 Å². The summed E-state index contributed by atoms with van der Waals surface area (Å²) in [5, 5.41) is 3.26. The number of hydrogen-bond donors (Lipinski definition) is 1. The highest BCUT2D eigenvalue weighted by Gasteiger charge is 2.16. The third-order valence-electron chi connectivity index (χ3n) is 2.84. The molecule has 0 amide bonds. The zero-order chi connectivity index (χ0) is 14.9. The van der Waals surface area contributed by atoms with Crippen LogP contribution in [0.3, 0.4) is 0 Å². The van der Waals surface area contributed by atoms with Crippen molar-refractivity contribution in [3.63, 3.8) is 0 Å². The fraction of sp³-hybridized carbons (Fsp3) is 0.143. The summed E-state index contributed by atoms with van der Waals surface area (Å²) < 4.78 is 40.4. The van der Waals surface area contributed by atoms with E-state index >= 15 is 0 Å². The van der Waals surface area contributed by atoms with Crippen molar-refractivity contribution < 1.29 is 13.2 Å². The quantitative estimate of drug-likeness (QED) is 0.690. The SMILES string of the molecule is CC(Nc1ccc(F)c(F)c1F)c1ccc(Br)cc1Cl. The largest absolute Gasteiger partial charge is 0.376 e. The van der Waals surface area contributed by atoms with Crippen molar-refractivity contribution in [1.29, 1.82) is 0 Å². The standard InChI is InChI=1S/C14H10BrClF3N/c1-7(9-3-2-8(15)6-10(9)16)20-12-5-4-11(17)13(18)14(12)19/h2-7,20H,1H3. The van der Waals surface area contributed by atoms with Gasteiger partial charge in [0.25, 0.3) is 0 Å². The van der Waals surface area contributed by atoms with Crippen LogP contribution < -0.4 is 5.32 Å². The highest BCUT2D eigenvalue weighted by atomic mass is 79.9. The number of nitrogens with one attached hydrogen (secondary N) is 1. The fourth-order valence-corrected chi connectivity index (χ4v) is 2.64. The van der Waals surface area contributed by atoms with Crippen LogP contribution in [0, 0.1) is 17.5 Å². The van der Waals surface area contributed by atoms with E-state index in [4.69, 9.17) is 11.6 Å². The fourth-order valence-electron chi connectivity index (χ4n) is 1.80. The van der Waals surface area contributed by atoms with E-state index in [0.717, 1.165) is 22.2 Å². The summed E-state index contributed by atoms with van der Waals surface area (Å²) in [7, 11) is 0.